The lowest BCUT2D eigenvalue weighted by Crippen LogP contribution is -2.31. The van der Waals surface area contributed by atoms with E-state index >= 15 is 0 Å². The molecule has 1 N–H and O–H groups in total. The van der Waals surface area contributed by atoms with Gasteiger partial charge in [0.1, 0.15) is 0 Å². The van der Waals surface area contributed by atoms with Gasteiger partial charge >= 0.3 is 0 Å². The zero-order valence-corrected chi connectivity index (χ0v) is 8.50. The lowest BCUT2D eigenvalue weighted by atomic mass is 9.95. The number of aliphatic hydroxyl groups is 1. The van der Waals surface area contributed by atoms with Crippen LogP contribution in [-0.4, -0.2) is 34.9 Å². The van der Waals surface area contributed by atoms with Crippen molar-refractivity contribution in [2.24, 2.45) is 5.92 Å². The molecule has 2 heterocycles. The molecule has 74 valence electrons. The molecule has 0 aromatic rings. The van der Waals surface area contributed by atoms with E-state index in [1.54, 1.807) is 0 Å². The Kier molecular flexibility index (Phi) is 2.96. The van der Waals surface area contributed by atoms with Crippen molar-refractivity contribution in [3.63, 3.8) is 0 Å². The zero-order chi connectivity index (χ0) is 9.26. The minimum Gasteiger partial charge on any atom is -0.390 e. The highest BCUT2D eigenvalue weighted by atomic mass is 32.2. The molecule has 2 saturated heterocycles. The molecule has 2 aliphatic rings. The maximum Gasteiger partial charge on any atom is 0.0876 e. The Morgan fingerprint density at radius 3 is 3.15 bits per heavy atom. The van der Waals surface area contributed by atoms with Gasteiger partial charge in [0, 0.05) is 11.7 Å². The van der Waals surface area contributed by atoms with Crippen molar-refractivity contribution in [1.29, 1.82) is 0 Å². The fourth-order valence-electron chi connectivity index (χ4n) is 2.17. The molecule has 0 spiro atoms. The molecule has 4 atom stereocenters. The van der Waals surface area contributed by atoms with Gasteiger partial charge in [-0.05, 0) is 18.6 Å². The van der Waals surface area contributed by atoms with E-state index in [1.807, 2.05) is 17.8 Å². The monoisotopic (exact) mass is 200 g/mol. The van der Waals surface area contributed by atoms with Crippen molar-refractivity contribution in [1.82, 2.24) is 0 Å². The minimum atomic E-state index is -0.268. The Bertz CT molecular complexity index is 195. The van der Waals surface area contributed by atoms with Crippen molar-refractivity contribution in [2.45, 2.75) is 31.2 Å². The van der Waals surface area contributed by atoms with E-state index in [1.165, 1.54) is 5.75 Å². The number of hydrogen-bond acceptors (Lipinski definition) is 3. The Labute approximate surface area is 83.4 Å². The van der Waals surface area contributed by atoms with Crippen molar-refractivity contribution < 1.29 is 9.84 Å². The van der Waals surface area contributed by atoms with Gasteiger partial charge in [0.25, 0.3) is 0 Å². The van der Waals surface area contributed by atoms with Gasteiger partial charge in [-0.2, -0.15) is 11.8 Å². The first kappa shape index (κ1) is 9.56. The lowest BCUT2D eigenvalue weighted by Gasteiger charge is -2.24. The topological polar surface area (TPSA) is 29.5 Å². The quantitative estimate of drug-likeness (QED) is 0.684. The van der Waals surface area contributed by atoms with Crippen molar-refractivity contribution in [3.05, 3.63) is 12.7 Å². The Balaban J connectivity index is 2.00. The Hall–Kier alpha value is 0.01000. The third-order valence-corrected chi connectivity index (χ3v) is 4.05. The van der Waals surface area contributed by atoms with Crippen LogP contribution in [0.1, 0.15) is 12.8 Å². The van der Waals surface area contributed by atoms with E-state index in [4.69, 9.17) is 4.74 Å². The highest BCUT2D eigenvalue weighted by Crippen LogP contribution is 2.37. The number of rotatable bonds is 2. The van der Waals surface area contributed by atoms with Crippen LogP contribution in [0.5, 0.6) is 0 Å². The van der Waals surface area contributed by atoms with E-state index < -0.39 is 0 Å². The molecule has 2 aliphatic heterocycles. The van der Waals surface area contributed by atoms with E-state index in [0.29, 0.717) is 12.0 Å². The van der Waals surface area contributed by atoms with E-state index in [9.17, 15) is 5.11 Å². The predicted octanol–water partition coefficient (Wildman–Crippen LogP) is 1.44. The van der Waals surface area contributed by atoms with E-state index in [-0.39, 0.29) is 12.2 Å². The molecule has 0 aromatic carbocycles. The van der Waals surface area contributed by atoms with Gasteiger partial charge in [-0.15, -0.1) is 6.58 Å². The fraction of sp³-hybridized carbons (Fsp3) is 0.800. The summed E-state index contributed by atoms with van der Waals surface area (Å²) < 4.78 is 5.78. The molecule has 3 heteroatoms. The number of hydrogen-bond donors (Lipinski definition) is 1. The van der Waals surface area contributed by atoms with E-state index in [2.05, 4.69) is 6.58 Å². The second-order valence-corrected chi connectivity index (χ2v) is 4.91. The van der Waals surface area contributed by atoms with Gasteiger partial charge in [-0.1, -0.05) is 6.08 Å². The Morgan fingerprint density at radius 1 is 1.62 bits per heavy atom. The van der Waals surface area contributed by atoms with Crippen LogP contribution in [0.4, 0.5) is 0 Å². The minimum absolute atomic E-state index is 0.00574. The van der Waals surface area contributed by atoms with E-state index in [0.717, 1.165) is 18.6 Å². The van der Waals surface area contributed by atoms with Crippen LogP contribution in [-0.2, 0) is 4.74 Å². The molecule has 0 amide bonds. The zero-order valence-electron chi connectivity index (χ0n) is 7.69. The van der Waals surface area contributed by atoms with Crippen LogP contribution in [0.25, 0.3) is 0 Å². The summed E-state index contributed by atoms with van der Waals surface area (Å²) in [5.41, 5.74) is 0. The maximum atomic E-state index is 9.93. The molecule has 0 saturated carbocycles. The highest BCUT2D eigenvalue weighted by molar-refractivity contribution is 7.99. The van der Waals surface area contributed by atoms with Gasteiger partial charge in [-0.3, -0.25) is 0 Å². The standard InChI is InChI=1S/C10H16O2S/c1-2-3-9-10(11)7-6-13-5-4-8(7)12-9/h2,7-11H,1,3-6H2/t7?,8-,9+,10-/m0/s1. The van der Waals surface area contributed by atoms with Crippen molar-refractivity contribution in [2.75, 3.05) is 11.5 Å². The average molecular weight is 200 g/mol. The molecule has 2 rings (SSSR count). The summed E-state index contributed by atoms with van der Waals surface area (Å²) in [4.78, 5) is 0. The van der Waals surface area contributed by atoms with Crippen molar-refractivity contribution >= 4 is 11.8 Å². The molecular weight excluding hydrogens is 184 g/mol. The molecule has 2 nitrogen and oxygen atoms in total. The summed E-state index contributed by atoms with van der Waals surface area (Å²) in [6.45, 7) is 3.68. The van der Waals surface area contributed by atoms with Crippen LogP contribution < -0.4 is 0 Å². The van der Waals surface area contributed by atoms with Crippen LogP contribution in [0, 0.1) is 5.92 Å². The third-order valence-electron chi connectivity index (χ3n) is 2.90. The molecular formula is C10H16O2S. The summed E-state index contributed by atoms with van der Waals surface area (Å²) in [6.07, 6.45) is 3.75. The summed E-state index contributed by atoms with van der Waals surface area (Å²) in [7, 11) is 0. The second kappa shape index (κ2) is 4.03. The predicted molar refractivity (Wildman–Crippen MR) is 54.9 cm³/mol. The first-order valence-corrected chi connectivity index (χ1v) is 6.00. The SMILES string of the molecule is C=CC[C@H]1O[C@H]2CCSCC2[C@@H]1O. The number of thioether (sulfide) groups is 1. The number of aliphatic hydroxyl groups excluding tert-OH is 1. The summed E-state index contributed by atoms with van der Waals surface area (Å²) >= 11 is 1.93. The molecule has 0 aromatic heterocycles. The van der Waals surface area contributed by atoms with Crippen LogP contribution in [0.2, 0.25) is 0 Å². The van der Waals surface area contributed by atoms with Crippen LogP contribution in [0.3, 0.4) is 0 Å². The number of fused-ring (bicyclic) bond motifs is 1. The third kappa shape index (κ3) is 1.78. The smallest absolute Gasteiger partial charge is 0.0876 e. The summed E-state index contributed by atoms with van der Waals surface area (Å²) in [5.74, 6) is 2.59. The average Bonchev–Trinajstić information content (AvgIpc) is 2.46. The van der Waals surface area contributed by atoms with Gasteiger partial charge in [0.05, 0.1) is 18.3 Å². The second-order valence-electron chi connectivity index (χ2n) is 3.76. The van der Waals surface area contributed by atoms with Gasteiger partial charge in [0.2, 0.25) is 0 Å². The van der Waals surface area contributed by atoms with Crippen LogP contribution >= 0.6 is 11.8 Å². The van der Waals surface area contributed by atoms with Gasteiger partial charge < -0.3 is 9.84 Å². The maximum absolute atomic E-state index is 9.93. The molecule has 13 heavy (non-hydrogen) atoms. The number of ether oxygens (including phenoxy) is 1. The summed E-state index contributed by atoms with van der Waals surface area (Å²) in [5, 5.41) is 9.93. The lowest BCUT2D eigenvalue weighted by molar-refractivity contribution is 0.0116. The van der Waals surface area contributed by atoms with Gasteiger partial charge in [0.15, 0.2) is 0 Å². The first-order chi connectivity index (χ1) is 6.33. The van der Waals surface area contributed by atoms with Crippen LogP contribution in [0.15, 0.2) is 12.7 Å². The fourth-order valence-corrected chi connectivity index (χ4v) is 3.42. The molecule has 0 radical (unpaired) electrons. The molecule has 1 unspecified atom stereocenters. The Morgan fingerprint density at radius 2 is 2.46 bits per heavy atom. The summed E-state index contributed by atoms with van der Waals surface area (Å²) in [6, 6.07) is 0. The normalized spacial score (nSPS) is 44.4. The van der Waals surface area contributed by atoms with Crippen molar-refractivity contribution in [3.8, 4) is 0 Å². The first-order valence-electron chi connectivity index (χ1n) is 4.85. The molecule has 0 bridgehead atoms. The largest absolute Gasteiger partial charge is 0.390 e. The molecule has 0 aliphatic carbocycles. The van der Waals surface area contributed by atoms with Gasteiger partial charge in [-0.25, -0.2) is 0 Å². The highest BCUT2D eigenvalue weighted by Gasteiger charge is 2.43. The molecule has 2 fully saturated rings.